The Hall–Kier alpha value is -1.84. The number of rotatable bonds is 12. The monoisotopic (exact) mass is 469 g/mol. The highest BCUT2D eigenvalue weighted by atomic mass is 32.2. The Morgan fingerprint density at radius 2 is 1.72 bits per heavy atom. The van der Waals surface area contributed by atoms with Crippen molar-refractivity contribution in [1.82, 2.24) is 15.4 Å². The lowest BCUT2D eigenvalue weighted by Gasteiger charge is -2.31. The van der Waals surface area contributed by atoms with Crippen LogP contribution in [-0.2, 0) is 21.4 Å². The third-order valence-corrected chi connectivity index (χ3v) is 8.76. The molecule has 0 heterocycles. The fourth-order valence-corrected chi connectivity index (χ4v) is 5.06. The van der Waals surface area contributed by atoms with E-state index in [1.807, 2.05) is 25.1 Å². The largest absolute Gasteiger partial charge is 0.493 e. The molecular weight excluding hydrogens is 430 g/mol. The molecule has 1 aromatic rings. The van der Waals surface area contributed by atoms with Crippen LogP contribution in [0, 0.1) is 5.92 Å². The van der Waals surface area contributed by atoms with E-state index in [1.54, 1.807) is 28.1 Å². The molecule has 0 spiro atoms. The van der Waals surface area contributed by atoms with Crippen molar-refractivity contribution in [2.45, 2.75) is 70.2 Å². The van der Waals surface area contributed by atoms with E-state index in [-0.39, 0.29) is 17.9 Å². The Morgan fingerprint density at radius 1 is 1.06 bits per heavy atom. The summed E-state index contributed by atoms with van der Waals surface area (Å²) >= 11 is 0. The highest BCUT2D eigenvalue weighted by molar-refractivity contribution is 7.90. The summed E-state index contributed by atoms with van der Waals surface area (Å²) in [5, 5.41) is 6.30. The van der Waals surface area contributed by atoms with Crippen molar-refractivity contribution in [1.29, 1.82) is 0 Å². The van der Waals surface area contributed by atoms with E-state index in [0.29, 0.717) is 63.2 Å². The first-order valence-corrected chi connectivity index (χ1v) is 12.8. The number of amides is 1. The van der Waals surface area contributed by atoms with Crippen LogP contribution in [0.3, 0.4) is 0 Å². The Morgan fingerprint density at radius 3 is 2.31 bits per heavy atom. The van der Waals surface area contributed by atoms with Gasteiger partial charge in [0.15, 0.2) is 11.5 Å². The lowest BCUT2D eigenvalue weighted by atomic mass is 9.86. The van der Waals surface area contributed by atoms with Crippen LogP contribution in [0.4, 0.5) is 0 Å². The van der Waals surface area contributed by atoms with Crippen LogP contribution in [0.2, 0.25) is 0 Å². The van der Waals surface area contributed by atoms with Crippen molar-refractivity contribution in [2.24, 2.45) is 5.92 Å². The third-order valence-electron chi connectivity index (χ3n) is 6.38. The van der Waals surface area contributed by atoms with Crippen molar-refractivity contribution >= 4 is 15.9 Å². The Kier molecular flexibility index (Phi) is 9.79. The molecule has 1 saturated carbocycles. The van der Waals surface area contributed by atoms with E-state index in [1.165, 1.54) is 0 Å². The lowest BCUT2D eigenvalue weighted by molar-refractivity contribution is -0.125. The van der Waals surface area contributed by atoms with Crippen LogP contribution >= 0.6 is 0 Å². The molecule has 1 aromatic carbocycles. The minimum absolute atomic E-state index is 0.0492. The molecule has 0 saturated heterocycles. The van der Waals surface area contributed by atoms with E-state index < -0.39 is 14.8 Å². The number of sulfonamides is 1. The number of hydrogen-bond acceptors (Lipinski definition) is 6. The standard InChI is InChI=1S/C23H39N3O5S/c1-6-23(2,3)32(28,29)26-19-10-8-18(9-11-19)22(27)25-14-13-24-16-17-7-12-20(30-4)21(15-17)31-5/h7,12,15,18-19,24,26H,6,8-11,13-14,16H2,1-5H3,(H,25,27). The highest BCUT2D eigenvalue weighted by Gasteiger charge is 2.36. The zero-order valence-corrected chi connectivity index (χ0v) is 20.8. The van der Waals surface area contributed by atoms with Gasteiger partial charge in [0.05, 0.1) is 19.0 Å². The number of ether oxygens (including phenoxy) is 2. The van der Waals surface area contributed by atoms with E-state index in [0.717, 1.165) is 5.56 Å². The highest BCUT2D eigenvalue weighted by Crippen LogP contribution is 2.28. The maximum absolute atomic E-state index is 12.5. The summed E-state index contributed by atoms with van der Waals surface area (Å²) in [6.07, 6.45) is 3.33. The molecule has 0 bridgehead atoms. The van der Waals surface area contributed by atoms with E-state index >= 15 is 0 Å². The molecule has 2 rings (SSSR count). The Labute approximate surface area is 192 Å². The van der Waals surface area contributed by atoms with E-state index in [4.69, 9.17) is 9.47 Å². The lowest BCUT2D eigenvalue weighted by Crippen LogP contribution is -2.48. The zero-order chi connectivity index (χ0) is 23.8. The van der Waals surface area contributed by atoms with Gasteiger partial charge in [0.2, 0.25) is 15.9 Å². The summed E-state index contributed by atoms with van der Waals surface area (Å²) in [5.41, 5.74) is 1.07. The van der Waals surface area contributed by atoms with Gasteiger partial charge in [-0.05, 0) is 63.6 Å². The second-order valence-electron chi connectivity index (χ2n) is 8.94. The van der Waals surface area contributed by atoms with Crippen LogP contribution in [0.25, 0.3) is 0 Å². The maximum atomic E-state index is 12.5. The number of carbonyl (C=O) groups excluding carboxylic acids is 1. The molecule has 0 radical (unpaired) electrons. The molecule has 1 aliphatic carbocycles. The van der Waals surface area contributed by atoms with Gasteiger partial charge in [0.25, 0.3) is 0 Å². The summed E-state index contributed by atoms with van der Waals surface area (Å²) in [6, 6.07) is 5.69. The first-order valence-electron chi connectivity index (χ1n) is 11.3. The van der Waals surface area contributed by atoms with Crippen LogP contribution < -0.4 is 24.8 Å². The molecule has 1 aliphatic rings. The Balaban J connectivity index is 1.68. The van der Waals surface area contributed by atoms with E-state index in [9.17, 15) is 13.2 Å². The quantitative estimate of drug-likeness (QED) is 0.406. The Bertz CT molecular complexity index is 849. The molecule has 1 fully saturated rings. The van der Waals surface area contributed by atoms with E-state index in [2.05, 4.69) is 15.4 Å². The average molecular weight is 470 g/mol. The first-order chi connectivity index (χ1) is 15.1. The molecular formula is C23H39N3O5S. The van der Waals surface area contributed by atoms with Crippen LogP contribution in [0.15, 0.2) is 18.2 Å². The molecule has 8 nitrogen and oxygen atoms in total. The molecule has 3 N–H and O–H groups in total. The van der Waals surface area contributed by atoms with Gasteiger partial charge in [-0.15, -0.1) is 0 Å². The van der Waals surface area contributed by atoms with Gasteiger partial charge in [0.1, 0.15) is 0 Å². The maximum Gasteiger partial charge on any atom is 0.223 e. The van der Waals surface area contributed by atoms with Gasteiger partial charge in [-0.2, -0.15) is 0 Å². The second kappa shape index (κ2) is 11.9. The zero-order valence-electron chi connectivity index (χ0n) is 20.0. The fraction of sp³-hybridized carbons (Fsp3) is 0.696. The fourth-order valence-electron chi connectivity index (χ4n) is 3.68. The SMILES string of the molecule is CCC(C)(C)S(=O)(=O)NC1CCC(C(=O)NCCNCc2ccc(OC)c(OC)c2)CC1. The third kappa shape index (κ3) is 7.08. The number of methoxy groups -OCH3 is 2. The number of carbonyl (C=O) groups is 1. The number of nitrogens with one attached hydrogen (secondary N) is 3. The van der Waals surface area contributed by atoms with Gasteiger partial charge in [-0.1, -0.05) is 13.0 Å². The number of hydrogen-bond donors (Lipinski definition) is 3. The molecule has 0 unspecified atom stereocenters. The van der Waals surface area contributed by atoms with Gasteiger partial charge in [-0.25, -0.2) is 13.1 Å². The van der Waals surface area contributed by atoms with Crippen LogP contribution in [0.5, 0.6) is 11.5 Å². The second-order valence-corrected chi connectivity index (χ2v) is 11.3. The van der Waals surface area contributed by atoms with Gasteiger partial charge >= 0.3 is 0 Å². The number of benzene rings is 1. The summed E-state index contributed by atoms with van der Waals surface area (Å²) in [7, 11) is -0.155. The molecule has 1 amide bonds. The van der Waals surface area contributed by atoms with Gasteiger partial charge < -0.3 is 20.1 Å². The smallest absolute Gasteiger partial charge is 0.223 e. The van der Waals surface area contributed by atoms with Crippen LogP contribution in [0.1, 0.15) is 58.4 Å². The van der Waals surface area contributed by atoms with Gasteiger partial charge in [0, 0.05) is 31.6 Å². The molecule has 0 aliphatic heterocycles. The van der Waals surface area contributed by atoms with Gasteiger partial charge in [-0.3, -0.25) is 4.79 Å². The molecule has 9 heteroatoms. The summed E-state index contributed by atoms with van der Waals surface area (Å²) in [6.45, 7) is 7.23. The van der Waals surface area contributed by atoms with Crippen LogP contribution in [-0.4, -0.2) is 52.4 Å². The van der Waals surface area contributed by atoms with Crippen molar-refractivity contribution in [3.63, 3.8) is 0 Å². The molecule has 0 atom stereocenters. The van der Waals surface area contributed by atoms with Crippen molar-refractivity contribution < 1.29 is 22.7 Å². The summed E-state index contributed by atoms with van der Waals surface area (Å²) in [4.78, 5) is 12.5. The average Bonchev–Trinajstić information content (AvgIpc) is 2.78. The topological polar surface area (TPSA) is 106 Å². The predicted octanol–water partition coefficient (Wildman–Crippen LogP) is 2.58. The van der Waals surface area contributed by atoms with Crippen molar-refractivity contribution in [2.75, 3.05) is 27.3 Å². The molecule has 32 heavy (non-hydrogen) atoms. The summed E-state index contributed by atoms with van der Waals surface area (Å²) < 4.78 is 37.7. The normalized spacial score (nSPS) is 19.4. The first kappa shape index (κ1) is 26.4. The molecule has 0 aromatic heterocycles. The van der Waals surface area contributed by atoms with Crippen molar-refractivity contribution in [3.8, 4) is 11.5 Å². The molecule has 182 valence electrons. The summed E-state index contributed by atoms with van der Waals surface area (Å²) in [5.74, 6) is 1.38. The minimum atomic E-state index is -3.37. The minimum Gasteiger partial charge on any atom is -0.493 e. The van der Waals surface area contributed by atoms with Crippen molar-refractivity contribution in [3.05, 3.63) is 23.8 Å². The predicted molar refractivity (Wildman–Crippen MR) is 126 cm³/mol.